The SMILES string of the molecule is CCCC(Oc1cc(C)ccc1[N+](=O)[O-])C(=O)O. The first kappa shape index (κ1) is 14.0. The average Bonchev–Trinajstić information content (AvgIpc) is 2.28. The van der Waals surface area contributed by atoms with Crippen LogP contribution >= 0.6 is 0 Å². The van der Waals surface area contributed by atoms with Crippen molar-refractivity contribution in [3.05, 3.63) is 33.9 Å². The minimum Gasteiger partial charge on any atom is -0.479 e. The number of rotatable bonds is 6. The maximum absolute atomic E-state index is 11.0. The van der Waals surface area contributed by atoms with E-state index in [1.807, 2.05) is 6.92 Å². The van der Waals surface area contributed by atoms with Gasteiger partial charge in [-0.3, -0.25) is 10.1 Å². The van der Waals surface area contributed by atoms with Crippen LogP contribution in [0.15, 0.2) is 18.2 Å². The summed E-state index contributed by atoms with van der Waals surface area (Å²) in [6.07, 6.45) is -0.132. The Labute approximate surface area is 104 Å². The van der Waals surface area contributed by atoms with E-state index in [1.165, 1.54) is 12.1 Å². The molecule has 0 amide bonds. The second-order valence-electron chi connectivity index (χ2n) is 3.96. The van der Waals surface area contributed by atoms with Crippen molar-refractivity contribution >= 4 is 11.7 Å². The fraction of sp³-hybridized carbons (Fsp3) is 0.417. The highest BCUT2D eigenvalue weighted by Gasteiger charge is 2.23. The van der Waals surface area contributed by atoms with Gasteiger partial charge >= 0.3 is 11.7 Å². The molecule has 1 aromatic carbocycles. The summed E-state index contributed by atoms with van der Waals surface area (Å²) in [7, 11) is 0. The minimum atomic E-state index is -1.12. The minimum absolute atomic E-state index is 0.000787. The summed E-state index contributed by atoms with van der Waals surface area (Å²) in [5.41, 5.74) is 0.555. The van der Waals surface area contributed by atoms with Crippen LogP contribution in [0.3, 0.4) is 0 Å². The smallest absolute Gasteiger partial charge is 0.344 e. The number of ether oxygens (including phenoxy) is 1. The molecular formula is C12H15NO5. The molecule has 0 heterocycles. The lowest BCUT2D eigenvalue weighted by Gasteiger charge is -2.14. The van der Waals surface area contributed by atoms with Crippen LogP contribution in [0.4, 0.5) is 5.69 Å². The Morgan fingerprint density at radius 1 is 1.56 bits per heavy atom. The van der Waals surface area contributed by atoms with Gasteiger partial charge in [-0.25, -0.2) is 4.79 Å². The summed E-state index contributed by atoms with van der Waals surface area (Å²) in [6, 6.07) is 4.37. The van der Waals surface area contributed by atoms with E-state index in [-0.39, 0.29) is 11.4 Å². The van der Waals surface area contributed by atoms with Gasteiger partial charge in [-0.1, -0.05) is 19.4 Å². The number of nitro benzene ring substituents is 1. The Hall–Kier alpha value is -2.11. The number of nitrogens with zero attached hydrogens (tertiary/aromatic N) is 1. The van der Waals surface area contributed by atoms with Gasteiger partial charge in [0.15, 0.2) is 11.9 Å². The molecule has 0 aliphatic heterocycles. The largest absolute Gasteiger partial charge is 0.479 e. The highest BCUT2D eigenvalue weighted by atomic mass is 16.6. The molecule has 0 saturated carbocycles. The Balaban J connectivity index is 3.03. The van der Waals surface area contributed by atoms with Crippen LogP contribution in [-0.2, 0) is 4.79 Å². The van der Waals surface area contributed by atoms with Crippen molar-refractivity contribution in [1.29, 1.82) is 0 Å². The fourth-order valence-electron chi connectivity index (χ4n) is 1.51. The number of benzene rings is 1. The lowest BCUT2D eigenvalue weighted by atomic mass is 10.2. The van der Waals surface area contributed by atoms with Crippen molar-refractivity contribution in [3.8, 4) is 5.75 Å². The average molecular weight is 253 g/mol. The monoisotopic (exact) mass is 253 g/mol. The third-order valence-corrected chi connectivity index (χ3v) is 2.41. The van der Waals surface area contributed by atoms with Crippen molar-refractivity contribution in [2.75, 3.05) is 0 Å². The summed E-state index contributed by atoms with van der Waals surface area (Å²) in [4.78, 5) is 21.2. The Kier molecular flexibility index (Phi) is 4.65. The van der Waals surface area contributed by atoms with Crippen molar-refractivity contribution in [2.24, 2.45) is 0 Å². The third-order valence-electron chi connectivity index (χ3n) is 2.41. The zero-order valence-corrected chi connectivity index (χ0v) is 10.3. The molecule has 18 heavy (non-hydrogen) atoms. The predicted molar refractivity (Wildman–Crippen MR) is 64.8 cm³/mol. The van der Waals surface area contributed by atoms with Crippen LogP contribution in [0.1, 0.15) is 25.3 Å². The van der Waals surface area contributed by atoms with Crippen LogP contribution in [-0.4, -0.2) is 22.1 Å². The van der Waals surface area contributed by atoms with Gasteiger partial charge in [-0.2, -0.15) is 0 Å². The Bertz CT molecular complexity index is 458. The van der Waals surface area contributed by atoms with E-state index in [1.54, 1.807) is 13.0 Å². The highest BCUT2D eigenvalue weighted by molar-refractivity contribution is 5.73. The lowest BCUT2D eigenvalue weighted by Crippen LogP contribution is -2.27. The lowest BCUT2D eigenvalue weighted by molar-refractivity contribution is -0.386. The first-order valence-corrected chi connectivity index (χ1v) is 5.60. The van der Waals surface area contributed by atoms with Crippen LogP contribution in [0.2, 0.25) is 0 Å². The number of aliphatic carboxylic acids is 1. The van der Waals surface area contributed by atoms with Gasteiger partial charge in [0.25, 0.3) is 0 Å². The maximum Gasteiger partial charge on any atom is 0.344 e. The number of carboxylic acid groups (broad SMARTS) is 1. The van der Waals surface area contributed by atoms with Crippen LogP contribution in [0.25, 0.3) is 0 Å². The summed E-state index contributed by atoms with van der Waals surface area (Å²) >= 11 is 0. The molecule has 1 aromatic rings. The first-order chi connectivity index (χ1) is 8.45. The van der Waals surface area contributed by atoms with E-state index in [0.29, 0.717) is 12.8 Å². The molecule has 1 unspecified atom stereocenters. The number of hydrogen-bond acceptors (Lipinski definition) is 4. The molecule has 0 bridgehead atoms. The summed E-state index contributed by atoms with van der Waals surface area (Å²) in [5, 5.41) is 19.8. The standard InChI is InChI=1S/C12H15NO5/c1-3-4-10(12(14)15)18-11-7-8(2)5-6-9(11)13(16)17/h5-7,10H,3-4H2,1-2H3,(H,14,15). The zero-order valence-electron chi connectivity index (χ0n) is 10.3. The molecular weight excluding hydrogens is 238 g/mol. The van der Waals surface area contributed by atoms with E-state index >= 15 is 0 Å². The fourth-order valence-corrected chi connectivity index (χ4v) is 1.51. The van der Waals surface area contributed by atoms with E-state index in [2.05, 4.69) is 0 Å². The van der Waals surface area contributed by atoms with Crippen LogP contribution < -0.4 is 4.74 Å². The first-order valence-electron chi connectivity index (χ1n) is 5.60. The second-order valence-corrected chi connectivity index (χ2v) is 3.96. The van der Waals surface area contributed by atoms with Gasteiger partial charge in [-0.15, -0.1) is 0 Å². The highest BCUT2D eigenvalue weighted by Crippen LogP contribution is 2.29. The van der Waals surface area contributed by atoms with Gasteiger partial charge in [0.2, 0.25) is 0 Å². The van der Waals surface area contributed by atoms with E-state index in [0.717, 1.165) is 5.56 Å². The van der Waals surface area contributed by atoms with Gasteiger partial charge in [-0.05, 0) is 25.0 Å². The molecule has 6 nitrogen and oxygen atoms in total. The number of carboxylic acids is 1. The molecule has 0 fully saturated rings. The van der Waals surface area contributed by atoms with Crippen molar-refractivity contribution < 1.29 is 19.6 Å². The van der Waals surface area contributed by atoms with E-state index < -0.39 is 17.0 Å². The summed E-state index contributed by atoms with van der Waals surface area (Å²) in [5.74, 6) is -1.12. The molecule has 0 saturated heterocycles. The van der Waals surface area contributed by atoms with Gasteiger partial charge < -0.3 is 9.84 Å². The molecule has 98 valence electrons. The normalized spacial score (nSPS) is 11.9. The quantitative estimate of drug-likeness (QED) is 0.621. The molecule has 0 aliphatic carbocycles. The summed E-state index contributed by atoms with van der Waals surface area (Å²) < 4.78 is 5.25. The van der Waals surface area contributed by atoms with Crippen molar-refractivity contribution in [1.82, 2.24) is 0 Å². The molecule has 1 atom stereocenters. The molecule has 0 aromatic heterocycles. The predicted octanol–water partition coefficient (Wildman–Crippen LogP) is 2.54. The second kappa shape index (κ2) is 6.00. The number of nitro groups is 1. The number of hydrogen-bond donors (Lipinski definition) is 1. The van der Waals surface area contributed by atoms with Gasteiger partial charge in [0.1, 0.15) is 0 Å². The summed E-state index contributed by atoms with van der Waals surface area (Å²) in [6.45, 7) is 3.58. The zero-order chi connectivity index (χ0) is 13.7. The van der Waals surface area contributed by atoms with Crippen LogP contribution in [0.5, 0.6) is 5.75 Å². The molecule has 0 radical (unpaired) electrons. The Morgan fingerprint density at radius 3 is 2.72 bits per heavy atom. The number of carbonyl (C=O) groups is 1. The van der Waals surface area contributed by atoms with Crippen molar-refractivity contribution in [2.45, 2.75) is 32.8 Å². The van der Waals surface area contributed by atoms with E-state index in [4.69, 9.17) is 9.84 Å². The molecule has 6 heteroatoms. The van der Waals surface area contributed by atoms with Crippen LogP contribution in [0, 0.1) is 17.0 Å². The van der Waals surface area contributed by atoms with Crippen molar-refractivity contribution in [3.63, 3.8) is 0 Å². The molecule has 1 rings (SSSR count). The Morgan fingerprint density at radius 2 is 2.22 bits per heavy atom. The van der Waals surface area contributed by atoms with Gasteiger partial charge in [0.05, 0.1) is 4.92 Å². The molecule has 0 aliphatic rings. The van der Waals surface area contributed by atoms with E-state index in [9.17, 15) is 14.9 Å². The number of aryl methyl sites for hydroxylation is 1. The third kappa shape index (κ3) is 3.44. The van der Waals surface area contributed by atoms with Gasteiger partial charge in [0, 0.05) is 6.07 Å². The topological polar surface area (TPSA) is 89.7 Å². The maximum atomic E-state index is 11.0. The molecule has 1 N–H and O–H groups in total. The molecule has 0 spiro atoms.